The van der Waals surface area contributed by atoms with E-state index < -0.39 is 31.2 Å². The lowest BCUT2D eigenvalue weighted by Crippen LogP contribution is -2.36. The number of rotatable bonds is 9. The SMILES string of the molecule is CCCOc1ccc(/C=C/C(=O)OCC(=O)NCC(F)(F)F)cc1OC. The number of nitrogens with one attached hydrogen (secondary N) is 1. The van der Waals surface area contributed by atoms with Gasteiger partial charge in [0.2, 0.25) is 0 Å². The molecule has 0 aromatic heterocycles. The Bertz CT molecular complexity index is 644. The third-order valence-electron chi connectivity index (χ3n) is 2.89. The largest absolute Gasteiger partial charge is 0.493 e. The molecule has 144 valence electrons. The maximum absolute atomic E-state index is 11.9. The maximum Gasteiger partial charge on any atom is 0.405 e. The van der Waals surface area contributed by atoms with E-state index in [0.717, 1.165) is 12.5 Å². The first kappa shape index (κ1) is 21.3. The maximum atomic E-state index is 11.9. The molecule has 9 heteroatoms. The number of ether oxygens (including phenoxy) is 3. The Morgan fingerprint density at radius 1 is 1.23 bits per heavy atom. The van der Waals surface area contributed by atoms with E-state index in [4.69, 9.17) is 9.47 Å². The third-order valence-corrected chi connectivity index (χ3v) is 2.89. The second kappa shape index (κ2) is 10.3. The van der Waals surface area contributed by atoms with E-state index in [2.05, 4.69) is 4.74 Å². The van der Waals surface area contributed by atoms with Crippen LogP contribution in [0.3, 0.4) is 0 Å². The summed E-state index contributed by atoms with van der Waals surface area (Å²) in [4.78, 5) is 22.7. The van der Waals surface area contributed by atoms with E-state index in [1.54, 1.807) is 23.5 Å². The van der Waals surface area contributed by atoms with Crippen LogP contribution in [0.15, 0.2) is 24.3 Å². The normalized spacial score (nSPS) is 11.3. The minimum absolute atomic E-state index is 0.487. The molecule has 1 amide bonds. The summed E-state index contributed by atoms with van der Waals surface area (Å²) in [5, 5.41) is 1.59. The molecular formula is C17H20F3NO5. The number of methoxy groups -OCH3 is 1. The first-order valence-corrected chi connectivity index (χ1v) is 7.74. The lowest BCUT2D eigenvalue weighted by Gasteiger charge is -2.10. The molecule has 0 spiro atoms. The molecule has 0 aliphatic heterocycles. The Hall–Kier alpha value is -2.71. The first-order valence-electron chi connectivity index (χ1n) is 7.74. The van der Waals surface area contributed by atoms with E-state index in [-0.39, 0.29) is 0 Å². The zero-order valence-corrected chi connectivity index (χ0v) is 14.4. The number of carbonyl (C=O) groups is 2. The molecule has 0 atom stereocenters. The molecule has 1 N–H and O–H groups in total. The van der Waals surface area contributed by atoms with Crippen LogP contribution in [0.5, 0.6) is 11.5 Å². The van der Waals surface area contributed by atoms with Crippen molar-refractivity contribution in [2.75, 3.05) is 26.9 Å². The van der Waals surface area contributed by atoms with Gasteiger partial charge in [-0.05, 0) is 30.2 Å². The quantitative estimate of drug-likeness (QED) is 0.531. The third kappa shape index (κ3) is 8.41. The van der Waals surface area contributed by atoms with Crippen molar-refractivity contribution in [1.82, 2.24) is 5.32 Å². The Balaban J connectivity index is 2.53. The molecule has 6 nitrogen and oxygen atoms in total. The van der Waals surface area contributed by atoms with Crippen LogP contribution in [0.25, 0.3) is 6.08 Å². The summed E-state index contributed by atoms with van der Waals surface area (Å²) in [5.74, 6) is -0.850. The molecule has 0 heterocycles. The van der Waals surface area contributed by atoms with Gasteiger partial charge in [-0.3, -0.25) is 4.79 Å². The van der Waals surface area contributed by atoms with E-state index in [9.17, 15) is 22.8 Å². The average molecular weight is 375 g/mol. The molecule has 0 unspecified atom stereocenters. The minimum atomic E-state index is -4.52. The van der Waals surface area contributed by atoms with Gasteiger partial charge in [0, 0.05) is 6.08 Å². The Morgan fingerprint density at radius 2 is 1.96 bits per heavy atom. The fraction of sp³-hybridized carbons (Fsp3) is 0.412. The van der Waals surface area contributed by atoms with Gasteiger partial charge in [0.1, 0.15) is 6.54 Å². The Kier molecular flexibility index (Phi) is 8.47. The van der Waals surface area contributed by atoms with Gasteiger partial charge in [0.15, 0.2) is 18.1 Å². The number of benzene rings is 1. The van der Waals surface area contributed by atoms with Gasteiger partial charge in [0.25, 0.3) is 5.91 Å². The van der Waals surface area contributed by atoms with E-state index in [1.807, 2.05) is 6.92 Å². The van der Waals surface area contributed by atoms with Crippen molar-refractivity contribution in [3.05, 3.63) is 29.8 Å². The van der Waals surface area contributed by atoms with Crippen LogP contribution in [-0.4, -0.2) is 44.9 Å². The number of carbonyl (C=O) groups excluding carboxylic acids is 2. The molecule has 0 fully saturated rings. The molecule has 0 saturated carbocycles. The zero-order chi connectivity index (χ0) is 19.6. The molecule has 0 bridgehead atoms. The second-order valence-corrected chi connectivity index (χ2v) is 5.09. The van der Waals surface area contributed by atoms with Crippen LogP contribution in [0, 0.1) is 0 Å². The monoisotopic (exact) mass is 375 g/mol. The number of amides is 1. The van der Waals surface area contributed by atoms with Gasteiger partial charge in [-0.25, -0.2) is 4.79 Å². The number of esters is 1. The summed E-state index contributed by atoms with van der Waals surface area (Å²) >= 11 is 0. The van der Waals surface area contributed by atoms with Gasteiger partial charge in [-0.1, -0.05) is 13.0 Å². The van der Waals surface area contributed by atoms with Crippen molar-refractivity contribution in [3.8, 4) is 11.5 Å². The molecular weight excluding hydrogens is 355 g/mol. The van der Waals surface area contributed by atoms with Gasteiger partial charge < -0.3 is 19.5 Å². The van der Waals surface area contributed by atoms with Crippen LogP contribution < -0.4 is 14.8 Å². The van der Waals surface area contributed by atoms with Crippen molar-refractivity contribution in [1.29, 1.82) is 0 Å². The van der Waals surface area contributed by atoms with Crippen molar-refractivity contribution >= 4 is 18.0 Å². The van der Waals surface area contributed by atoms with Crippen molar-refractivity contribution in [3.63, 3.8) is 0 Å². The number of halogens is 3. The average Bonchev–Trinajstić information content (AvgIpc) is 2.60. The van der Waals surface area contributed by atoms with Crippen LogP contribution in [0.1, 0.15) is 18.9 Å². The van der Waals surface area contributed by atoms with Crippen LogP contribution >= 0.6 is 0 Å². The summed E-state index contributed by atoms with van der Waals surface area (Å²) in [6.45, 7) is 0.227. The molecule has 1 aromatic carbocycles. The molecule has 0 radical (unpaired) electrons. The highest BCUT2D eigenvalue weighted by atomic mass is 19.4. The second-order valence-electron chi connectivity index (χ2n) is 5.09. The highest BCUT2D eigenvalue weighted by Crippen LogP contribution is 2.28. The van der Waals surface area contributed by atoms with Crippen molar-refractivity contribution in [2.24, 2.45) is 0 Å². The van der Waals surface area contributed by atoms with Gasteiger partial charge in [-0.2, -0.15) is 13.2 Å². The van der Waals surface area contributed by atoms with Crippen LogP contribution in [-0.2, 0) is 14.3 Å². The smallest absolute Gasteiger partial charge is 0.405 e. The lowest BCUT2D eigenvalue weighted by atomic mass is 10.2. The number of hydrogen-bond donors (Lipinski definition) is 1. The molecule has 0 aliphatic rings. The fourth-order valence-electron chi connectivity index (χ4n) is 1.72. The highest BCUT2D eigenvalue weighted by molar-refractivity contribution is 5.89. The van der Waals surface area contributed by atoms with Gasteiger partial charge >= 0.3 is 12.1 Å². The topological polar surface area (TPSA) is 73.9 Å². The predicted octanol–water partition coefficient (Wildman–Crippen LogP) is 2.72. The summed E-state index contributed by atoms with van der Waals surface area (Å²) in [7, 11) is 1.48. The summed E-state index contributed by atoms with van der Waals surface area (Å²) in [6.07, 6.45) is -1.21. The molecule has 0 aliphatic carbocycles. The standard InChI is InChI=1S/C17H20F3NO5/c1-3-8-25-13-6-4-12(9-14(13)24-2)5-7-16(23)26-10-15(22)21-11-17(18,19)20/h4-7,9H,3,8,10-11H2,1-2H3,(H,21,22)/b7-5+. The summed E-state index contributed by atoms with van der Waals surface area (Å²) in [6, 6.07) is 5.02. The number of hydrogen-bond acceptors (Lipinski definition) is 5. The fourth-order valence-corrected chi connectivity index (χ4v) is 1.72. The molecule has 0 saturated heterocycles. The van der Waals surface area contributed by atoms with Gasteiger partial charge in [-0.15, -0.1) is 0 Å². The zero-order valence-electron chi connectivity index (χ0n) is 14.4. The van der Waals surface area contributed by atoms with Crippen molar-refractivity contribution in [2.45, 2.75) is 19.5 Å². The highest BCUT2D eigenvalue weighted by Gasteiger charge is 2.27. The Labute approximate surface area is 148 Å². The van der Waals surface area contributed by atoms with E-state index >= 15 is 0 Å². The predicted molar refractivity (Wildman–Crippen MR) is 87.8 cm³/mol. The molecule has 26 heavy (non-hydrogen) atoms. The van der Waals surface area contributed by atoms with Gasteiger partial charge in [0.05, 0.1) is 13.7 Å². The van der Waals surface area contributed by atoms with Crippen LogP contribution in [0.2, 0.25) is 0 Å². The summed E-state index contributed by atoms with van der Waals surface area (Å²) < 4.78 is 51.1. The van der Waals surface area contributed by atoms with Crippen molar-refractivity contribution < 1.29 is 37.0 Å². The van der Waals surface area contributed by atoms with Crippen LogP contribution in [0.4, 0.5) is 13.2 Å². The van der Waals surface area contributed by atoms with E-state index in [1.165, 1.54) is 13.2 Å². The number of alkyl halides is 3. The Morgan fingerprint density at radius 3 is 2.58 bits per heavy atom. The minimum Gasteiger partial charge on any atom is -0.493 e. The van der Waals surface area contributed by atoms with E-state index in [0.29, 0.717) is 23.7 Å². The molecule has 1 aromatic rings. The first-order chi connectivity index (χ1) is 12.2. The molecule has 1 rings (SSSR count). The summed E-state index contributed by atoms with van der Waals surface area (Å²) in [5.41, 5.74) is 0.615. The lowest BCUT2D eigenvalue weighted by molar-refractivity contribution is -0.148.